The average Bonchev–Trinajstić information content (AvgIpc) is 2.63. The monoisotopic (exact) mass is 376 g/mol. The van der Waals surface area contributed by atoms with Crippen molar-refractivity contribution in [2.24, 2.45) is 0 Å². The van der Waals surface area contributed by atoms with Gasteiger partial charge in [0.1, 0.15) is 0 Å². The summed E-state index contributed by atoms with van der Waals surface area (Å²) in [5, 5.41) is 2.52. The molecule has 2 amide bonds. The molecule has 2 aromatic carbocycles. The Hall–Kier alpha value is -2.83. The van der Waals surface area contributed by atoms with Crippen LogP contribution < -0.4 is 10.2 Å². The van der Waals surface area contributed by atoms with Crippen LogP contribution >= 0.6 is 0 Å². The van der Waals surface area contributed by atoms with Gasteiger partial charge in [-0.05, 0) is 49.6 Å². The van der Waals surface area contributed by atoms with Crippen LogP contribution in [-0.4, -0.2) is 18.4 Å². The van der Waals surface area contributed by atoms with Crippen LogP contribution in [0.4, 0.5) is 24.5 Å². The zero-order valence-electron chi connectivity index (χ0n) is 14.8. The van der Waals surface area contributed by atoms with E-state index in [4.69, 9.17) is 0 Å². The lowest BCUT2D eigenvalue weighted by molar-refractivity contribution is -0.137. The minimum Gasteiger partial charge on any atom is -0.322 e. The first-order valence-electron chi connectivity index (χ1n) is 8.66. The number of hydrogen-bond donors (Lipinski definition) is 1. The maximum absolute atomic E-state index is 13.1. The van der Waals surface area contributed by atoms with Gasteiger partial charge in [-0.3, -0.25) is 9.59 Å². The molecular formula is C20H19F3N2O2. The van der Waals surface area contributed by atoms with Gasteiger partial charge >= 0.3 is 6.18 Å². The number of carbonyl (C=O) groups excluding carboxylic acids is 2. The van der Waals surface area contributed by atoms with Crippen molar-refractivity contribution in [1.82, 2.24) is 0 Å². The summed E-state index contributed by atoms with van der Waals surface area (Å²) >= 11 is 0. The number of halogens is 3. The number of alkyl halides is 3. The zero-order chi connectivity index (χ0) is 19.6. The van der Waals surface area contributed by atoms with E-state index in [1.165, 1.54) is 12.1 Å². The molecule has 1 N–H and O–H groups in total. The van der Waals surface area contributed by atoms with E-state index in [1.54, 1.807) is 23.1 Å². The Morgan fingerprint density at radius 2 is 1.85 bits per heavy atom. The zero-order valence-corrected chi connectivity index (χ0v) is 14.8. The molecule has 0 radical (unpaired) electrons. The molecule has 7 heteroatoms. The van der Waals surface area contributed by atoms with Crippen LogP contribution in [0.3, 0.4) is 0 Å². The predicted octanol–water partition coefficient (Wildman–Crippen LogP) is 4.78. The van der Waals surface area contributed by atoms with Crippen molar-refractivity contribution < 1.29 is 22.8 Å². The Labute approximate surface area is 155 Å². The first-order chi connectivity index (χ1) is 12.8. The average molecular weight is 376 g/mol. The van der Waals surface area contributed by atoms with Crippen molar-refractivity contribution in [3.05, 3.63) is 59.2 Å². The van der Waals surface area contributed by atoms with Crippen molar-refractivity contribution in [1.29, 1.82) is 0 Å². The normalized spacial score (nSPS) is 15.0. The first kappa shape index (κ1) is 18.9. The van der Waals surface area contributed by atoms with E-state index in [0.717, 1.165) is 30.5 Å². The topological polar surface area (TPSA) is 49.4 Å². The van der Waals surface area contributed by atoms with Crippen LogP contribution in [0.2, 0.25) is 0 Å². The molecule has 0 atom stereocenters. The molecule has 0 unspecified atom stereocenters. The number of rotatable bonds is 3. The van der Waals surface area contributed by atoms with Crippen molar-refractivity contribution >= 4 is 23.2 Å². The number of amides is 2. The van der Waals surface area contributed by atoms with Crippen molar-refractivity contribution in [3.8, 4) is 0 Å². The second-order valence-corrected chi connectivity index (χ2v) is 6.50. The fourth-order valence-corrected chi connectivity index (χ4v) is 3.17. The van der Waals surface area contributed by atoms with E-state index in [0.29, 0.717) is 24.3 Å². The van der Waals surface area contributed by atoms with Crippen LogP contribution in [0.1, 0.15) is 40.7 Å². The molecule has 1 heterocycles. The number of aryl methyl sites for hydroxylation is 1. The van der Waals surface area contributed by atoms with Gasteiger partial charge in [-0.25, -0.2) is 0 Å². The molecule has 1 aliphatic heterocycles. The standard InChI is InChI=1S/C20H19F3N2O2/c1-13-9-10-14(12-17(13)25-11-5-4-8-18(25)26)24-19(27)15-6-2-3-7-16(15)20(21,22)23/h2-3,6-7,9-10,12H,4-5,8,11H2,1H3,(H,24,27). The summed E-state index contributed by atoms with van der Waals surface area (Å²) in [6.45, 7) is 2.44. The molecule has 0 aromatic heterocycles. The molecule has 3 rings (SSSR count). The SMILES string of the molecule is Cc1ccc(NC(=O)c2ccccc2C(F)(F)F)cc1N1CCCCC1=O. The summed E-state index contributed by atoms with van der Waals surface area (Å²) in [6.07, 6.45) is -2.42. The summed E-state index contributed by atoms with van der Waals surface area (Å²) in [6, 6.07) is 9.63. The number of carbonyl (C=O) groups is 2. The summed E-state index contributed by atoms with van der Waals surface area (Å²) in [4.78, 5) is 26.3. The highest BCUT2D eigenvalue weighted by Crippen LogP contribution is 2.33. The van der Waals surface area contributed by atoms with Gasteiger partial charge in [0.05, 0.1) is 11.1 Å². The maximum Gasteiger partial charge on any atom is 0.417 e. The molecule has 1 aliphatic rings. The Morgan fingerprint density at radius 1 is 1.11 bits per heavy atom. The summed E-state index contributed by atoms with van der Waals surface area (Å²) in [5.41, 5.74) is 0.443. The molecule has 0 spiro atoms. The van der Waals surface area contributed by atoms with Crippen LogP contribution in [0, 0.1) is 6.92 Å². The third-order valence-electron chi connectivity index (χ3n) is 4.56. The largest absolute Gasteiger partial charge is 0.417 e. The van der Waals surface area contributed by atoms with Gasteiger partial charge in [0.25, 0.3) is 5.91 Å². The lowest BCUT2D eigenvalue weighted by Gasteiger charge is -2.28. The molecule has 0 aliphatic carbocycles. The second kappa shape index (κ2) is 7.42. The number of piperidine rings is 1. The highest BCUT2D eigenvalue weighted by molar-refractivity contribution is 6.06. The molecule has 2 aromatic rings. The van der Waals surface area contributed by atoms with E-state index in [2.05, 4.69) is 5.32 Å². The second-order valence-electron chi connectivity index (χ2n) is 6.50. The van der Waals surface area contributed by atoms with Gasteiger partial charge in [0.2, 0.25) is 5.91 Å². The minimum atomic E-state index is -4.62. The number of nitrogens with one attached hydrogen (secondary N) is 1. The van der Waals surface area contributed by atoms with Crippen molar-refractivity contribution in [2.75, 3.05) is 16.8 Å². The molecule has 1 saturated heterocycles. The third kappa shape index (κ3) is 4.13. The number of anilines is 2. The predicted molar refractivity (Wildman–Crippen MR) is 96.8 cm³/mol. The minimum absolute atomic E-state index is 0.00948. The Morgan fingerprint density at radius 3 is 2.56 bits per heavy atom. The van der Waals surface area contributed by atoms with Crippen LogP contribution in [0.25, 0.3) is 0 Å². The van der Waals surface area contributed by atoms with E-state index in [-0.39, 0.29) is 5.91 Å². The number of benzene rings is 2. The molecule has 4 nitrogen and oxygen atoms in total. The third-order valence-corrected chi connectivity index (χ3v) is 4.56. The lowest BCUT2D eigenvalue weighted by Crippen LogP contribution is -2.35. The first-order valence-corrected chi connectivity index (χ1v) is 8.66. The quantitative estimate of drug-likeness (QED) is 0.838. The number of nitrogens with zero attached hydrogens (tertiary/aromatic N) is 1. The van der Waals surface area contributed by atoms with E-state index < -0.39 is 23.2 Å². The Bertz CT molecular complexity index is 878. The molecule has 1 fully saturated rings. The Kier molecular flexibility index (Phi) is 5.21. The molecular weight excluding hydrogens is 357 g/mol. The highest BCUT2D eigenvalue weighted by Gasteiger charge is 2.34. The van der Waals surface area contributed by atoms with Crippen LogP contribution in [0.5, 0.6) is 0 Å². The van der Waals surface area contributed by atoms with Crippen molar-refractivity contribution in [2.45, 2.75) is 32.4 Å². The molecule has 142 valence electrons. The summed E-state index contributed by atoms with van der Waals surface area (Å²) in [7, 11) is 0. The van der Waals surface area contributed by atoms with Gasteiger partial charge in [-0.2, -0.15) is 13.2 Å². The fourth-order valence-electron chi connectivity index (χ4n) is 3.17. The highest BCUT2D eigenvalue weighted by atomic mass is 19.4. The maximum atomic E-state index is 13.1. The van der Waals surface area contributed by atoms with Gasteiger partial charge in [0, 0.05) is 24.3 Å². The van der Waals surface area contributed by atoms with Crippen molar-refractivity contribution in [3.63, 3.8) is 0 Å². The molecule has 0 saturated carbocycles. The molecule has 0 bridgehead atoms. The van der Waals surface area contributed by atoms with Gasteiger partial charge in [0.15, 0.2) is 0 Å². The van der Waals surface area contributed by atoms with Crippen LogP contribution in [0.15, 0.2) is 42.5 Å². The van der Waals surface area contributed by atoms with Gasteiger partial charge < -0.3 is 10.2 Å². The molecule has 27 heavy (non-hydrogen) atoms. The summed E-state index contributed by atoms with van der Waals surface area (Å²) in [5.74, 6) is -0.835. The smallest absolute Gasteiger partial charge is 0.322 e. The summed E-state index contributed by atoms with van der Waals surface area (Å²) < 4.78 is 39.4. The van der Waals surface area contributed by atoms with E-state index in [9.17, 15) is 22.8 Å². The van der Waals surface area contributed by atoms with E-state index in [1.807, 2.05) is 6.92 Å². The van der Waals surface area contributed by atoms with Gasteiger partial charge in [-0.15, -0.1) is 0 Å². The lowest BCUT2D eigenvalue weighted by atomic mass is 10.1. The Balaban J connectivity index is 1.88. The van der Waals surface area contributed by atoms with E-state index >= 15 is 0 Å². The fraction of sp³-hybridized carbons (Fsp3) is 0.300. The number of hydrogen-bond acceptors (Lipinski definition) is 2. The van der Waals surface area contributed by atoms with Crippen LogP contribution in [-0.2, 0) is 11.0 Å². The van der Waals surface area contributed by atoms with Gasteiger partial charge in [-0.1, -0.05) is 18.2 Å².